The number of hydrogen-bond acceptors (Lipinski definition) is 2. The highest BCUT2D eigenvalue weighted by Gasteiger charge is 2.25. The van der Waals surface area contributed by atoms with Crippen molar-refractivity contribution in [2.45, 2.75) is 46.1 Å². The van der Waals surface area contributed by atoms with Crippen molar-refractivity contribution in [1.29, 1.82) is 0 Å². The first-order valence-corrected chi connectivity index (χ1v) is 7.72. The van der Waals surface area contributed by atoms with E-state index in [2.05, 4.69) is 63.3 Å². The van der Waals surface area contributed by atoms with Gasteiger partial charge in [-0.15, -0.1) is 0 Å². The van der Waals surface area contributed by atoms with Gasteiger partial charge in [0.1, 0.15) is 0 Å². The number of pyridine rings is 1. The predicted molar refractivity (Wildman–Crippen MR) is 87.1 cm³/mol. The normalized spacial score (nSPS) is 14.7. The summed E-state index contributed by atoms with van der Waals surface area (Å²) in [5.74, 6) is 1.00. The summed E-state index contributed by atoms with van der Waals surface area (Å²) in [6.07, 6.45) is 3.11. The van der Waals surface area contributed by atoms with Gasteiger partial charge in [0.2, 0.25) is 0 Å². The molecule has 1 aromatic carbocycles. The van der Waals surface area contributed by atoms with Gasteiger partial charge in [-0.2, -0.15) is 0 Å². The van der Waals surface area contributed by atoms with E-state index in [-0.39, 0.29) is 0 Å². The molecule has 2 aromatic rings. The smallest absolute Gasteiger partial charge is 0.0530 e. The zero-order valence-corrected chi connectivity index (χ0v) is 13.1. The maximum atomic E-state index is 4.72. The highest BCUT2D eigenvalue weighted by atomic mass is 14.9. The molecule has 2 unspecified atom stereocenters. The zero-order chi connectivity index (χ0) is 14.5. The number of nitrogens with zero attached hydrogens (tertiary/aromatic N) is 1. The molecular weight excluding hydrogens is 244 g/mol. The summed E-state index contributed by atoms with van der Waals surface area (Å²) in [7, 11) is 0. The fraction of sp³-hybridized carbons (Fsp3) is 0.500. The second kappa shape index (κ2) is 6.85. The number of fused-ring (bicyclic) bond motifs is 1. The Morgan fingerprint density at radius 3 is 2.55 bits per heavy atom. The second-order valence-electron chi connectivity index (χ2n) is 5.93. The van der Waals surface area contributed by atoms with Crippen LogP contribution in [-0.2, 0) is 0 Å². The first-order valence-electron chi connectivity index (χ1n) is 7.72. The van der Waals surface area contributed by atoms with Gasteiger partial charge in [-0.3, -0.25) is 4.98 Å². The van der Waals surface area contributed by atoms with Crippen molar-refractivity contribution in [2.75, 3.05) is 6.54 Å². The summed E-state index contributed by atoms with van der Waals surface area (Å²) < 4.78 is 0. The van der Waals surface area contributed by atoms with E-state index in [0.717, 1.165) is 13.0 Å². The molecule has 0 aliphatic carbocycles. The van der Waals surface area contributed by atoms with Crippen LogP contribution in [-0.4, -0.2) is 17.6 Å². The Hall–Kier alpha value is -1.41. The third-order valence-corrected chi connectivity index (χ3v) is 3.99. The fourth-order valence-corrected chi connectivity index (χ4v) is 3.04. The molecule has 2 heteroatoms. The highest BCUT2D eigenvalue weighted by molar-refractivity contribution is 5.84. The molecule has 1 aromatic heterocycles. The van der Waals surface area contributed by atoms with Crippen LogP contribution >= 0.6 is 0 Å². The lowest BCUT2D eigenvalue weighted by Gasteiger charge is -2.29. The van der Waals surface area contributed by atoms with Crippen LogP contribution in [0.4, 0.5) is 0 Å². The van der Waals surface area contributed by atoms with Crippen molar-refractivity contribution in [1.82, 2.24) is 10.3 Å². The molecule has 0 aliphatic rings. The summed E-state index contributed by atoms with van der Waals surface area (Å²) in [5.41, 5.74) is 1.23. The van der Waals surface area contributed by atoms with E-state index in [1.165, 1.54) is 16.5 Å². The van der Waals surface area contributed by atoms with E-state index < -0.39 is 0 Å². The average Bonchev–Trinajstić information content (AvgIpc) is 2.45. The molecule has 1 N–H and O–H groups in total. The van der Waals surface area contributed by atoms with Crippen LogP contribution < -0.4 is 5.32 Å². The summed E-state index contributed by atoms with van der Waals surface area (Å²) in [5, 5.41) is 6.21. The topological polar surface area (TPSA) is 24.9 Å². The van der Waals surface area contributed by atoms with Crippen molar-refractivity contribution in [3.8, 4) is 0 Å². The van der Waals surface area contributed by atoms with Crippen LogP contribution in [0.25, 0.3) is 10.8 Å². The quantitative estimate of drug-likeness (QED) is 0.843. The van der Waals surface area contributed by atoms with E-state index >= 15 is 0 Å². The van der Waals surface area contributed by atoms with Crippen molar-refractivity contribution in [3.05, 3.63) is 42.2 Å². The predicted octanol–water partition coefficient (Wildman–Crippen LogP) is 4.36. The van der Waals surface area contributed by atoms with Crippen molar-refractivity contribution >= 4 is 10.8 Å². The lowest BCUT2D eigenvalue weighted by atomic mass is 9.84. The van der Waals surface area contributed by atoms with Crippen LogP contribution in [0.15, 0.2) is 36.5 Å². The lowest BCUT2D eigenvalue weighted by molar-refractivity contribution is 0.373. The second-order valence-corrected chi connectivity index (χ2v) is 5.93. The molecule has 2 nitrogen and oxygen atoms in total. The Bertz CT molecular complexity index is 543. The van der Waals surface area contributed by atoms with Gasteiger partial charge in [0, 0.05) is 23.5 Å². The summed E-state index contributed by atoms with van der Waals surface area (Å²) in [6, 6.07) is 11.1. The SMILES string of the molecule is CCCNC(C)C(c1nccc2ccccc12)C(C)C. The maximum absolute atomic E-state index is 4.72. The number of benzene rings is 1. The first-order chi connectivity index (χ1) is 9.65. The molecule has 0 radical (unpaired) electrons. The van der Waals surface area contributed by atoms with Gasteiger partial charge >= 0.3 is 0 Å². The number of aromatic nitrogens is 1. The van der Waals surface area contributed by atoms with Crippen LogP contribution in [0.5, 0.6) is 0 Å². The van der Waals surface area contributed by atoms with E-state index in [0.29, 0.717) is 17.9 Å². The summed E-state index contributed by atoms with van der Waals surface area (Å²) in [6.45, 7) is 10.1. The molecule has 0 saturated heterocycles. The van der Waals surface area contributed by atoms with Gasteiger partial charge in [0.05, 0.1) is 5.69 Å². The van der Waals surface area contributed by atoms with E-state index in [9.17, 15) is 0 Å². The monoisotopic (exact) mass is 270 g/mol. The van der Waals surface area contributed by atoms with Gasteiger partial charge < -0.3 is 5.32 Å². The molecule has 20 heavy (non-hydrogen) atoms. The molecule has 2 rings (SSSR count). The Kier molecular flexibility index (Phi) is 5.13. The summed E-state index contributed by atoms with van der Waals surface area (Å²) >= 11 is 0. The molecule has 0 saturated carbocycles. The Morgan fingerprint density at radius 1 is 1.10 bits per heavy atom. The molecule has 108 valence electrons. The van der Waals surface area contributed by atoms with Crippen molar-refractivity contribution in [3.63, 3.8) is 0 Å². The summed E-state index contributed by atoms with van der Waals surface area (Å²) in [4.78, 5) is 4.72. The molecule has 0 spiro atoms. The standard InChI is InChI=1S/C18H26N2/c1-5-11-19-14(4)17(13(2)3)18-16-9-7-6-8-15(16)10-12-20-18/h6-10,12-14,17,19H,5,11H2,1-4H3. The molecule has 1 heterocycles. The van der Waals surface area contributed by atoms with Gasteiger partial charge in [-0.25, -0.2) is 0 Å². The minimum absolute atomic E-state index is 0.438. The largest absolute Gasteiger partial charge is 0.314 e. The molecule has 0 bridgehead atoms. The molecule has 2 atom stereocenters. The van der Waals surface area contributed by atoms with Gasteiger partial charge in [-0.05, 0) is 37.3 Å². The molecule has 0 aliphatic heterocycles. The van der Waals surface area contributed by atoms with Gasteiger partial charge in [0.25, 0.3) is 0 Å². The van der Waals surface area contributed by atoms with Crippen LogP contribution in [0.1, 0.15) is 45.7 Å². The Morgan fingerprint density at radius 2 is 1.85 bits per heavy atom. The van der Waals surface area contributed by atoms with Crippen molar-refractivity contribution in [2.24, 2.45) is 5.92 Å². The minimum Gasteiger partial charge on any atom is -0.314 e. The molecule has 0 amide bonds. The number of rotatable bonds is 6. The first kappa shape index (κ1) is 15.0. The van der Waals surface area contributed by atoms with E-state index in [4.69, 9.17) is 4.98 Å². The fourth-order valence-electron chi connectivity index (χ4n) is 3.04. The molecule has 0 fully saturated rings. The van der Waals surface area contributed by atoms with Gasteiger partial charge in [0.15, 0.2) is 0 Å². The minimum atomic E-state index is 0.438. The van der Waals surface area contributed by atoms with Crippen LogP contribution in [0, 0.1) is 5.92 Å². The van der Waals surface area contributed by atoms with Crippen molar-refractivity contribution < 1.29 is 0 Å². The van der Waals surface area contributed by atoms with Gasteiger partial charge in [-0.1, -0.05) is 45.0 Å². The van der Waals surface area contributed by atoms with Crippen LogP contribution in [0.3, 0.4) is 0 Å². The van der Waals surface area contributed by atoms with E-state index in [1.54, 1.807) is 0 Å². The third kappa shape index (κ3) is 3.18. The Labute approximate surface area is 122 Å². The maximum Gasteiger partial charge on any atom is 0.0530 e. The number of nitrogens with one attached hydrogen (secondary N) is 1. The average molecular weight is 270 g/mol. The van der Waals surface area contributed by atoms with Crippen LogP contribution in [0.2, 0.25) is 0 Å². The zero-order valence-electron chi connectivity index (χ0n) is 13.1. The highest BCUT2D eigenvalue weighted by Crippen LogP contribution is 2.31. The number of hydrogen-bond donors (Lipinski definition) is 1. The lowest BCUT2D eigenvalue weighted by Crippen LogP contribution is -2.35. The van der Waals surface area contributed by atoms with E-state index in [1.807, 2.05) is 6.20 Å². The third-order valence-electron chi connectivity index (χ3n) is 3.99. The molecular formula is C18H26N2. The Balaban J connectivity index is 2.41.